The summed E-state index contributed by atoms with van der Waals surface area (Å²) < 4.78 is 0.883. The van der Waals surface area contributed by atoms with Crippen LogP contribution < -0.4 is 10.6 Å². The summed E-state index contributed by atoms with van der Waals surface area (Å²) in [4.78, 5) is 4.28. The van der Waals surface area contributed by atoms with Gasteiger partial charge in [0.2, 0.25) is 0 Å². The lowest BCUT2D eigenvalue weighted by Crippen LogP contribution is -2.28. The smallest absolute Gasteiger partial charge is 0.172 e. The predicted octanol–water partition coefficient (Wildman–Crippen LogP) is 4.29. The standard InChI is InChI=1S/C14H13BrClN3S/c1-9-6-12(15)13(17-7-9)19-14(20)18-8-10-2-4-11(16)5-3-10/h2-7H,8H2,1H3,(H2,17,18,19,20). The van der Waals surface area contributed by atoms with E-state index in [0.717, 1.165) is 20.6 Å². The van der Waals surface area contributed by atoms with E-state index in [0.29, 0.717) is 17.5 Å². The van der Waals surface area contributed by atoms with Gasteiger partial charge in [-0.3, -0.25) is 0 Å². The fraction of sp³-hybridized carbons (Fsp3) is 0.143. The highest BCUT2D eigenvalue weighted by Gasteiger charge is 2.04. The number of thiocarbonyl (C=S) groups is 1. The van der Waals surface area contributed by atoms with Crippen LogP contribution in [-0.2, 0) is 6.54 Å². The number of pyridine rings is 1. The zero-order valence-electron chi connectivity index (χ0n) is 10.8. The van der Waals surface area contributed by atoms with E-state index in [-0.39, 0.29) is 0 Å². The fourth-order valence-electron chi connectivity index (χ4n) is 1.56. The molecule has 3 nitrogen and oxygen atoms in total. The van der Waals surface area contributed by atoms with Crippen molar-refractivity contribution in [1.29, 1.82) is 0 Å². The molecule has 0 saturated carbocycles. The minimum Gasteiger partial charge on any atom is -0.358 e. The Morgan fingerprint density at radius 3 is 2.70 bits per heavy atom. The average molecular weight is 371 g/mol. The monoisotopic (exact) mass is 369 g/mol. The Kier molecular flexibility index (Phi) is 5.34. The van der Waals surface area contributed by atoms with Crippen LogP contribution >= 0.6 is 39.7 Å². The Morgan fingerprint density at radius 1 is 1.35 bits per heavy atom. The first-order valence-electron chi connectivity index (χ1n) is 5.96. The van der Waals surface area contributed by atoms with Crippen LogP contribution in [0.3, 0.4) is 0 Å². The number of anilines is 1. The molecule has 20 heavy (non-hydrogen) atoms. The fourth-order valence-corrected chi connectivity index (χ4v) is 2.42. The van der Waals surface area contributed by atoms with Gasteiger partial charge in [-0.25, -0.2) is 4.98 Å². The van der Waals surface area contributed by atoms with Crippen molar-refractivity contribution in [2.24, 2.45) is 0 Å². The predicted molar refractivity (Wildman–Crippen MR) is 91.2 cm³/mol. The van der Waals surface area contributed by atoms with E-state index in [1.54, 1.807) is 6.20 Å². The van der Waals surface area contributed by atoms with E-state index < -0.39 is 0 Å². The van der Waals surface area contributed by atoms with Gasteiger partial charge < -0.3 is 10.6 Å². The largest absolute Gasteiger partial charge is 0.358 e. The van der Waals surface area contributed by atoms with Crippen molar-refractivity contribution in [2.45, 2.75) is 13.5 Å². The molecule has 1 aromatic heterocycles. The molecule has 0 aliphatic heterocycles. The number of aryl methyl sites for hydroxylation is 1. The van der Waals surface area contributed by atoms with E-state index in [1.807, 2.05) is 37.3 Å². The van der Waals surface area contributed by atoms with Crippen molar-refractivity contribution in [3.8, 4) is 0 Å². The summed E-state index contributed by atoms with van der Waals surface area (Å²) in [5.41, 5.74) is 2.19. The maximum absolute atomic E-state index is 5.84. The van der Waals surface area contributed by atoms with Gasteiger partial charge >= 0.3 is 0 Å². The minimum atomic E-state index is 0.525. The molecule has 0 fully saturated rings. The third kappa shape index (κ3) is 4.44. The molecule has 6 heteroatoms. The lowest BCUT2D eigenvalue weighted by molar-refractivity contribution is 0.924. The highest BCUT2D eigenvalue weighted by molar-refractivity contribution is 9.10. The van der Waals surface area contributed by atoms with Gasteiger partial charge in [-0.05, 0) is 64.4 Å². The van der Waals surface area contributed by atoms with Crippen LogP contribution in [0, 0.1) is 6.92 Å². The quantitative estimate of drug-likeness (QED) is 0.790. The molecular weight excluding hydrogens is 358 g/mol. The van der Waals surface area contributed by atoms with Crippen molar-refractivity contribution in [2.75, 3.05) is 5.32 Å². The second-order valence-corrected chi connectivity index (χ2v) is 5.98. The number of nitrogens with one attached hydrogen (secondary N) is 2. The van der Waals surface area contributed by atoms with E-state index in [9.17, 15) is 0 Å². The topological polar surface area (TPSA) is 37.0 Å². The lowest BCUT2D eigenvalue weighted by Gasteiger charge is -2.11. The summed E-state index contributed by atoms with van der Waals surface area (Å²) in [6, 6.07) is 9.60. The highest BCUT2D eigenvalue weighted by atomic mass is 79.9. The third-order valence-electron chi connectivity index (χ3n) is 2.58. The van der Waals surface area contributed by atoms with Crippen molar-refractivity contribution in [3.63, 3.8) is 0 Å². The number of aromatic nitrogens is 1. The van der Waals surface area contributed by atoms with Crippen molar-refractivity contribution in [3.05, 3.63) is 57.2 Å². The first-order valence-corrected chi connectivity index (χ1v) is 7.54. The number of rotatable bonds is 3. The number of nitrogens with zero attached hydrogens (tertiary/aromatic N) is 1. The SMILES string of the molecule is Cc1cnc(NC(=S)NCc2ccc(Cl)cc2)c(Br)c1. The van der Waals surface area contributed by atoms with Crippen LogP contribution in [0.4, 0.5) is 5.82 Å². The molecule has 0 atom stereocenters. The van der Waals surface area contributed by atoms with Gasteiger partial charge in [0, 0.05) is 17.8 Å². The molecule has 0 unspecified atom stereocenters. The first kappa shape index (κ1) is 15.2. The molecule has 0 saturated heterocycles. The summed E-state index contributed by atoms with van der Waals surface area (Å²) in [7, 11) is 0. The van der Waals surface area contributed by atoms with Gasteiger partial charge in [0.15, 0.2) is 5.11 Å². The Labute approximate surface area is 136 Å². The van der Waals surface area contributed by atoms with Gasteiger partial charge in [-0.15, -0.1) is 0 Å². The zero-order valence-corrected chi connectivity index (χ0v) is 13.9. The van der Waals surface area contributed by atoms with Gasteiger partial charge in [-0.2, -0.15) is 0 Å². The van der Waals surface area contributed by atoms with E-state index in [4.69, 9.17) is 23.8 Å². The molecular formula is C14H13BrClN3S. The molecule has 0 spiro atoms. The van der Waals surface area contributed by atoms with Gasteiger partial charge in [0.1, 0.15) is 5.82 Å². The van der Waals surface area contributed by atoms with E-state index >= 15 is 0 Å². The van der Waals surface area contributed by atoms with Crippen LogP contribution in [0.1, 0.15) is 11.1 Å². The number of benzene rings is 1. The molecule has 0 radical (unpaired) electrons. The number of halogens is 2. The summed E-state index contributed by atoms with van der Waals surface area (Å²) >= 11 is 14.5. The van der Waals surface area contributed by atoms with Crippen LogP contribution in [0.5, 0.6) is 0 Å². The van der Waals surface area contributed by atoms with Crippen LogP contribution in [-0.4, -0.2) is 10.1 Å². The van der Waals surface area contributed by atoms with Crippen LogP contribution in [0.25, 0.3) is 0 Å². The molecule has 2 aromatic rings. The van der Waals surface area contributed by atoms with Gasteiger partial charge in [0.25, 0.3) is 0 Å². The maximum Gasteiger partial charge on any atom is 0.172 e. The second kappa shape index (κ2) is 7.02. The second-order valence-electron chi connectivity index (χ2n) is 4.28. The Hall–Kier alpha value is -1.17. The lowest BCUT2D eigenvalue weighted by atomic mass is 10.2. The Balaban J connectivity index is 1.90. The van der Waals surface area contributed by atoms with Gasteiger partial charge in [0.05, 0.1) is 4.47 Å². The molecule has 0 aliphatic rings. The normalized spacial score (nSPS) is 10.2. The van der Waals surface area contributed by atoms with Crippen molar-refractivity contribution >= 4 is 50.7 Å². The molecule has 1 heterocycles. The Bertz CT molecular complexity index is 616. The molecule has 104 valence electrons. The maximum atomic E-state index is 5.84. The molecule has 0 amide bonds. The molecule has 1 aromatic carbocycles. The average Bonchev–Trinajstić information content (AvgIpc) is 2.41. The van der Waals surface area contributed by atoms with E-state index in [2.05, 4.69) is 31.5 Å². The summed E-state index contributed by atoms with van der Waals surface area (Å²) in [6.45, 7) is 2.62. The van der Waals surface area contributed by atoms with Gasteiger partial charge in [-0.1, -0.05) is 23.7 Å². The number of hydrogen-bond donors (Lipinski definition) is 2. The van der Waals surface area contributed by atoms with Crippen molar-refractivity contribution < 1.29 is 0 Å². The van der Waals surface area contributed by atoms with Crippen molar-refractivity contribution in [1.82, 2.24) is 10.3 Å². The highest BCUT2D eigenvalue weighted by Crippen LogP contribution is 2.20. The third-order valence-corrected chi connectivity index (χ3v) is 3.68. The molecule has 2 N–H and O–H groups in total. The van der Waals surface area contributed by atoms with E-state index in [1.165, 1.54) is 0 Å². The summed E-state index contributed by atoms with van der Waals surface area (Å²) in [6.07, 6.45) is 1.79. The molecule has 0 bridgehead atoms. The molecule has 0 aliphatic carbocycles. The summed E-state index contributed by atoms with van der Waals surface area (Å²) in [5.74, 6) is 0.698. The summed E-state index contributed by atoms with van der Waals surface area (Å²) in [5, 5.41) is 7.43. The minimum absolute atomic E-state index is 0.525. The molecule has 2 rings (SSSR count). The van der Waals surface area contributed by atoms with Crippen LogP contribution in [0.15, 0.2) is 41.0 Å². The first-order chi connectivity index (χ1) is 9.54. The van der Waals surface area contributed by atoms with Crippen LogP contribution in [0.2, 0.25) is 5.02 Å². The zero-order chi connectivity index (χ0) is 14.5. The Morgan fingerprint density at radius 2 is 2.05 bits per heavy atom. The number of hydrogen-bond acceptors (Lipinski definition) is 2.